The van der Waals surface area contributed by atoms with Crippen molar-refractivity contribution in [2.45, 2.75) is 27.2 Å². The van der Waals surface area contributed by atoms with Crippen LogP contribution >= 0.6 is 0 Å². The van der Waals surface area contributed by atoms with Crippen LogP contribution in [0.15, 0.2) is 30.6 Å². The van der Waals surface area contributed by atoms with Crippen LogP contribution in [0.2, 0.25) is 0 Å². The van der Waals surface area contributed by atoms with Crippen molar-refractivity contribution in [1.29, 1.82) is 0 Å². The Bertz CT molecular complexity index is 698. The van der Waals surface area contributed by atoms with Gasteiger partial charge in [0, 0.05) is 38.6 Å². The van der Waals surface area contributed by atoms with Crippen molar-refractivity contribution >= 4 is 11.9 Å². The number of carbonyl (C=O) groups is 1. The molecule has 0 bridgehead atoms. The molecule has 0 atom stereocenters. The molecule has 3 rings (SSSR count). The lowest BCUT2D eigenvalue weighted by Gasteiger charge is -2.35. The van der Waals surface area contributed by atoms with Crippen LogP contribution < -0.4 is 4.90 Å². The van der Waals surface area contributed by atoms with Crippen LogP contribution in [0.5, 0.6) is 0 Å². The summed E-state index contributed by atoms with van der Waals surface area (Å²) >= 11 is 0. The second-order valence-corrected chi connectivity index (χ2v) is 6.47. The second-order valence-electron chi connectivity index (χ2n) is 6.47. The van der Waals surface area contributed by atoms with Gasteiger partial charge >= 0.3 is 0 Å². The van der Waals surface area contributed by atoms with Crippen molar-refractivity contribution in [2.75, 3.05) is 31.1 Å². The monoisotopic (exact) mass is 324 g/mol. The van der Waals surface area contributed by atoms with Gasteiger partial charge in [0.1, 0.15) is 0 Å². The first-order chi connectivity index (χ1) is 11.5. The molecule has 126 valence electrons. The Morgan fingerprint density at radius 1 is 1.00 bits per heavy atom. The van der Waals surface area contributed by atoms with Gasteiger partial charge in [-0.15, -0.1) is 0 Å². The van der Waals surface area contributed by atoms with Gasteiger partial charge in [-0.2, -0.15) is 0 Å². The van der Waals surface area contributed by atoms with E-state index in [2.05, 4.69) is 47.8 Å². The lowest BCUT2D eigenvalue weighted by molar-refractivity contribution is -0.130. The molecule has 2 heterocycles. The molecule has 5 nitrogen and oxygen atoms in total. The maximum absolute atomic E-state index is 12.7. The van der Waals surface area contributed by atoms with Gasteiger partial charge in [0.15, 0.2) is 0 Å². The van der Waals surface area contributed by atoms with E-state index in [1.54, 1.807) is 12.4 Å². The Morgan fingerprint density at radius 3 is 2.17 bits per heavy atom. The number of piperazine rings is 1. The first kappa shape index (κ1) is 16.4. The molecule has 0 saturated carbocycles. The molecule has 0 unspecified atom stereocenters. The number of hydrogen-bond acceptors (Lipinski definition) is 4. The van der Waals surface area contributed by atoms with Crippen molar-refractivity contribution < 1.29 is 4.79 Å². The van der Waals surface area contributed by atoms with Crippen LogP contribution in [0.1, 0.15) is 22.3 Å². The standard InChI is InChI=1S/C19H24N4O/c1-14-11-15(2)17(16(3)12-14)13-18(24)22-7-9-23(10-8-22)19-20-5-4-6-21-19/h4-6,11-12H,7-10,13H2,1-3H3. The molecule has 2 aromatic rings. The zero-order chi connectivity index (χ0) is 17.1. The maximum atomic E-state index is 12.7. The number of aryl methyl sites for hydroxylation is 3. The van der Waals surface area contributed by atoms with Gasteiger partial charge in [-0.25, -0.2) is 9.97 Å². The third-order valence-corrected chi connectivity index (χ3v) is 4.64. The number of amides is 1. The molecule has 1 fully saturated rings. The molecule has 1 amide bonds. The van der Waals surface area contributed by atoms with E-state index in [0.717, 1.165) is 32.1 Å². The smallest absolute Gasteiger partial charge is 0.227 e. The van der Waals surface area contributed by atoms with Crippen LogP contribution in [0.4, 0.5) is 5.95 Å². The van der Waals surface area contributed by atoms with Gasteiger partial charge in [-0.3, -0.25) is 4.79 Å². The lowest BCUT2D eigenvalue weighted by Crippen LogP contribution is -2.49. The molecule has 0 aliphatic carbocycles. The minimum atomic E-state index is 0.207. The highest BCUT2D eigenvalue weighted by Crippen LogP contribution is 2.18. The summed E-state index contributed by atoms with van der Waals surface area (Å²) in [5.41, 5.74) is 4.83. The number of hydrogen-bond donors (Lipinski definition) is 0. The molecular weight excluding hydrogens is 300 g/mol. The summed E-state index contributed by atoms with van der Waals surface area (Å²) in [5, 5.41) is 0. The average Bonchev–Trinajstić information content (AvgIpc) is 2.59. The molecule has 1 aromatic carbocycles. The van der Waals surface area contributed by atoms with E-state index >= 15 is 0 Å². The highest BCUT2D eigenvalue weighted by Gasteiger charge is 2.23. The fourth-order valence-corrected chi connectivity index (χ4v) is 3.36. The van der Waals surface area contributed by atoms with Gasteiger partial charge in [0.25, 0.3) is 0 Å². The number of carbonyl (C=O) groups excluding carboxylic acids is 1. The van der Waals surface area contributed by atoms with Crippen LogP contribution in [0.25, 0.3) is 0 Å². The van der Waals surface area contributed by atoms with Gasteiger partial charge in [0.2, 0.25) is 11.9 Å². The first-order valence-corrected chi connectivity index (χ1v) is 8.41. The predicted octanol–water partition coefficient (Wildman–Crippen LogP) is 2.29. The van der Waals surface area contributed by atoms with E-state index in [1.165, 1.54) is 22.3 Å². The zero-order valence-electron chi connectivity index (χ0n) is 14.6. The summed E-state index contributed by atoms with van der Waals surface area (Å²) in [6.07, 6.45) is 3.99. The van der Waals surface area contributed by atoms with Crippen LogP contribution in [0.3, 0.4) is 0 Å². The molecular formula is C19H24N4O. The molecule has 24 heavy (non-hydrogen) atoms. The minimum Gasteiger partial charge on any atom is -0.339 e. The van der Waals surface area contributed by atoms with E-state index in [0.29, 0.717) is 6.42 Å². The number of benzene rings is 1. The summed E-state index contributed by atoms with van der Waals surface area (Å²) in [7, 11) is 0. The third kappa shape index (κ3) is 3.55. The van der Waals surface area contributed by atoms with E-state index in [9.17, 15) is 4.79 Å². The highest BCUT2D eigenvalue weighted by atomic mass is 16.2. The van der Waals surface area contributed by atoms with Crippen LogP contribution in [0, 0.1) is 20.8 Å². The molecule has 0 N–H and O–H groups in total. The van der Waals surface area contributed by atoms with Crippen molar-refractivity contribution in [1.82, 2.24) is 14.9 Å². The summed E-state index contributed by atoms with van der Waals surface area (Å²) < 4.78 is 0. The Labute approximate surface area is 143 Å². The molecule has 1 saturated heterocycles. The Kier molecular flexibility index (Phi) is 4.79. The van der Waals surface area contributed by atoms with Gasteiger partial charge in [-0.05, 0) is 43.5 Å². The molecule has 1 aromatic heterocycles. The lowest BCUT2D eigenvalue weighted by atomic mass is 9.97. The number of anilines is 1. The third-order valence-electron chi connectivity index (χ3n) is 4.64. The molecule has 0 radical (unpaired) electrons. The summed E-state index contributed by atoms with van der Waals surface area (Å²) in [6.45, 7) is 9.28. The van der Waals surface area contributed by atoms with Gasteiger partial charge < -0.3 is 9.80 Å². The van der Waals surface area contributed by atoms with E-state index in [4.69, 9.17) is 0 Å². The topological polar surface area (TPSA) is 49.3 Å². The second kappa shape index (κ2) is 6.99. The van der Waals surface area contributed by atoms with Gasteiger partial charge in [-0.1, -0.05) is 17.7 Å². The van der Waals surface area contributed by atoms with Crippen molar-refractivity contribution in [3.63, 3.8) is 0 Å². The molecule has 1 aliphatic heterocycles. The van der Waals surface area contributed by atoms with E-state index in [1.807, 2.05) is 11.0 Å². The SMILES string of the molecule is Cc1cc(C)c(CC(=O)N2CCN(c3ncccn3)CC2)c(C)c1. The molecule has 1 aliphatic rings. The molecule has 5 heteroatoms. The quantitative estimate of drug-likeness (QED) is 0.869. The Hall–Kier alpha value is -2.43. The average molecular weight is 324 g/mol. The Balaban J connectivity index is 1.62. The largest absolute Gasteiger partial charge is 0.339 e. The summed E-state index contributed by atoms with van der Waals surface area (Å²) in [6, 6.07) is 6.12. The van der Waals surface area contributed by atoms with E-state index in [-0.39, 0.29) is 5.91 Å². The summed E-state index contributed by atoms with van der Waals surface area (Å²) in [5.74, 6) is 0.952. The molecule has 0 spiro atoms. The predicted molar refractivity (Wildman–Crippen MR) is 95.2 cm³/mol. The summed E-state index contributed by atoms with van der Waals surface area (Å²) in [4.78, 5) is 25.3. The fourth-order valence-electron chi connectivity index (χ4n) is 3.36. The highest BCUT2D eigenvalue weighted by molar-refractivity contribution is 5.80. The fraction of sp³-hybridized carbons (Fsp3) is 0.421. The van der Waals surface area contributed by atoms with Crippen molar-refractivity contribution in [2.24, 2.45) is 0 Å². The van der Waals surface area contributed by atoms with Crippen LogP contribution in [-0.2, 0) is 11.2 Å². The number of rotatable bonds is 3. The number of aromatic nitrogens is 2. The zero-order valence-corrected chi connectivity index (χ0v) is 14.6. The first-order valence-electron chi connectivity index (χ1n) is 8.41. The number of nitrogens with zero attached hydrogens (tertiary/aromatic N) is 4. The minimum absolute atomic E-state index is 0.207. The van der Waals surface area contributed by atoms with Crippen LogP contribution in [-0.4, -0.2) is 47.0 Å². The van der Waals surface area contributed by atoms with Crippen molar-refractivity contribution in [3.8, 4) is 0 Å². The van der Waals surface area contributed by atoms with Crippen molar-refractivity contribution in [3.05, 3.63) is 52.8 Å². The normalized spacial score (nSPS) is 14.8. The Morgan fingerprint density at radius 2 is 1.58 bits per heavy atom. The maximum Gasteiger partial charge on any atom is 0.227 e. The van der Waals surface area contributed by atoms with Gasteiger partial charge in [0.05, 0.1) is 6.42 Å². The van der Waals surface area contributed by atoms with E-state index < -0.39 is 0 Å².